The van der Waals surface area contributed by atoms with Gasteiger partial charge < -0.3 is 10.6 Å². The highest BCUT2D eigenvalue weighted by atomic mass is 32.2. The van der Waals surface area contributed by atoms with E-state index >= 15 is 0 Å². The van der Waals surface area contributed by atoms with Gasteiger partial charge in [-0.3, -0.25) is 4.79 Å². The molecule has 1 amide bonds. The molecule has 0 unspecified atom stereocenters. The van der Waals surface area contributed by atoms with Crippen molar-refractivity contribution in [3.8, 4) is 0 Å². The van der Waals surface area contributed by atoms with Crippen LogP contribution in [-0.4, -0.2) is 38.3 Å². The number of rotatable bonds is 7. The molecular weight excluding hydrogens is 374 g/mol. The van der Waals surface area contributed by atoms with Gasteiger partial charge in [-0.1, -0.05) is 42.8 Å². The lowest BCUT2D eigenvalue weighted by Gasteiger charge is -2.26. The first-order chi connectivity index (χ1) is 13.5. The highest BCUT2D eigenvalue weighted by Gasteiger charge is 2.26. The molecule has 28 heavy (non-hydrogen) atoms. The quantitative estimate of drug-likeness (QED) is 0.747. The summed E-state index contributed by atoms with van der Waals surface area (Å²) in [5.74, 6) is -0.152. The van der Waals surface area contributed by atoms with Crippen LogP contribution in [0.3, 0.4) is 0 Å². The summed E-state index contributed by atoms with van der Waals surface area (Å²) in [6.07, 6.45) is 2.87. The number of sulfonamides is 1. The zero-order valence-electron chi connectivity index (χ0n) is 16.1. The molecule has 0 aliphatic carbocycles. The zero-order chi connectivity index (χ0) is 20.0. The van der Waals surface area contributed by atoms with Gasteiger partial charge in [0.25, 0.3) is 0 Å². The van der Waals surface area contributed by atoms with Crippen molar-refractivity contribution in [1.82, 2.24) is 9.62 Å². The monoisotopic (exact) mass is 401 g/mol. The Morgan fingerprint density at radius 1 is 1.04 bits per heavy atom. The van der Waals surface area contributed by atoms with Gasteiger partial charge in [-0.15, -0.1) is 0 Å². The van der Waals surface area contributed by atoms with E-state index in [1.165, 1.54) is 0 Å². The molecule has 0 saturated carbocycles. The molecule has 0 radical (unpaired) electrons. The van der Waals surface area contributed by atoms with Crippen LogP contribution in [0.1, 0.15) is 37.8 Å². The number of hydrogen-bond donors (Lipinski definition) is 2. The van der Waals surface area contributed by atoms with Crippen molar-refractivity contribution in [2.45, 2.75) is 37.1 Å². The smallest absolute Gasteiger partial charge is 0.243 e. The van der Waals surface area contributed by atoms with Crippen LogP contribution < -0.4 is 10.6 Å². The van der Waals surface area contributed by atoms with Crippen LogP contribution in [0.2, 0.25) is 0 Å². The van der Waals surface area contributed by atoms with Crippen LogP contribution >= 0.6 is 0 Å². The predicted octanol–water partition coefficient (Wildman–Crippen LogP) is 3.15. The standard InChI is InChI=1S/C21H27N3O3S/c1-17(18-9-4-2-5-10-18)23-21(25)16-22-19-11-8-12-20(15-19)28(26,27)24-13-6-3-7-14-24/h2,4-5,8-12,15,17,22H,3,6-7,13-14,16H2,1H3,(H,23,25)/t17-/m0/s1. The van der Waals surface area contributed by atoms with E-state index < -0.39 is 10.0 Å². The molecule has 1 aliphatic heterocycles. The topological polar surface area (TPSA) is 78.5 Å². The number of benzene rings is 2. The Balaban J connectivity index is 1.59. The third-order valence-electron chi connectivity index (χ3n) is 4.92. The first-order valence-corrected chi connectivity index (χ1v) is 11.1. The highest BCUT2D eigenvalue weighted by molar-refractivity contribution is 7.89. The number of carbonyl (C=O) groups is 1. The predicted molar refractivity (Wildman–Crippen MR) is 111 cm³/mol. The maximum atomic E-state index is 12.8. The minimum absolute atomic E-state index is 0.0738. The number of carbonyl (C=O) groups excluding carboxylic acids is 1. The highest BCUT2D eigenvalue weighted by Crippen LogP contribution is 2.22. The molecule has 2 N–H and O–H groups in total. The summed E-state index contributed by atoms with van der Waals surface area (Å²) in [6, 6.07) is 16.3. The van der Waals surface area contributed by atoms with E-state index in [2.05, 4.69) is 10.6 Å². The fraction of sp³-hybridized carbons (Fsp3) is 0.381. The summed E-state index contributed by atoms with van der Waals surface area (Å²) >= 11 is 0. The number of nitrogens with one attached hydrogen (secondary N) is 2. The second kappa shape index (κ2) is 9.21. The van der Waals surface area contributed by atoms with Gasteiger partial charge in [-0.05, 0) is 43.5 Å². The van der Waals surface area contributed by atoms with Crippen molar-refractivity contribution in [3.63, 3.8) is 0 Å². The number of hydrogen-bond acceptors (Lipinski definition) is 4. The second-order valence-corrected chi connectivity index (χ2v) is 8.98. The first kappa shape index (κ1) is 20.4. The van der Waals surface area contributed by atoms with Crippen LogP contribution in [0.25, 0.3) is 0 Å². The summed E-state index contributed by atoms with van der Waals surface area (Å²) < 4.78 is 27.1. The van der Waals surface area contributed by atoms with Gasteiger partial charge in [0.1, 0.15) is 0 Å². The number of nitrogens with zero attached hydrogens (tertiary/aromatic N) is 1. The van der Waals surface area contributed by atoms with Gasteiger partial charge >= 0.3 is 0 Å². The van der Waals surface area contributed by atoms with Crippen LogP contribution in [0.5, 0.6) is 0 Å². The van der Waals surface area contributed by atoms with Crippen molar-refractivity contribution in [3.05, 3.63) is 60.2 Å². The average molecular weight is 402 g/mol. The van der Waals surface area contributed by atoms with Gasteiger partial charge in [0.05, 0.1) is 17.5 Å². The molecule has 0 spiro atoms. The lowest BCUT2D eigenvalue weighted by Crippen LogP contribution is -2.35. The molecule has 0 bridgehead atoms. The third-order valence-corrected chi connectivity index (χ3v) is 6.81. The molecular formula is C21H27N3O3S. The Kier molecular flexibility index (Phi) is 6.70. The maximum absolute atomic E-state index is 12.8. The molecule has 1 saturated heterocycles. The second-order valence-electron chi connectivity index (χ2n) is 7.05. The van der Waals surface area contributed by atoms with E-state index in [1.807, 2.05) is 37.3 Å². The SMILES string of the molecule is C[C@H](NC(=O)CNc1cccc(S(=O)(=O)N2CCCCC2)c1)c1ccccc1. The minimum Gasteiger partial charge on any atom is -0.376 e. The molecule has 1 atom stereocenters. The van der Waals surface area contributed by atoms with Gasteiger partial charge in [0.15, 0.2) is 0 Å². The van der Waals surface area contributed by atoms with Crippen LogP contribution in [0.15, 0.2) is 59.5 Å². The molecule has 1 fully saturated rings. The van der Waals surface area contributed by atoms with Gasteiger partial charge in [0.2, 0.25) is 15.9 Å². The summed E-state index contributed by atoms with van der Waals surface area (Å²) in [6.45, 7) is 3.14. The third kappa shape index (κ3) is 5.11. The molecule has 2 aromatic carbocycles. The summed E-state index contributed by atoms with van der Waals surface area (Å²) in [4.78, 5) is 12.5. The van der Waals surface area contributed by atoms with Crippen molar-refractivity contribution in [1.29, 1.82) is 0 Å². The Morgan fingerprint density at radius 3 is 2.46 bits per heavy atom. The Morgan fingerprint density at radius 2 is 1.75 bits per heavy atom. The van der Waals surface area contributed by atoms with Crippen molar-refractivity contribution in [2.24, 2.45) is 0 Å². The van der Waals surface area contributed by atoms with E-state index in [9.17, 15) is 13.2 Å². The lowest BCUT2D eigenvalue weighted by molar-refractivity contribution is -0.120. The number of amides is 1. The Bertz CT molecular complexity index is 894. The molecule has 1 heterocycles. The van der Waals surface area contributed by atoms with Crippen molar-refractivity contribution < 1.29 is 13.2 Å². The van der Waals surface area contributed by atoms with Crippen LogP contribution in [0.4, 0.5) is 5.69 Å². The molecule has 2 aromatic rings. The largest absolute Gasteiger partial charge is 0.376 e. The Hall–Kier alpha value is -2.38. The molecule has 6 nitrogen and oxygen atoms in total. The molecule has 7 heteroatoms. The normalized spacial score (nSPS) is 16.3. The van der Waals surface area contributed by atoms with E-state index in [0.29, 0.717) is 18.8 Å². The zero-order valence-corrected chi connectivity index (χ0v) is 16.9. The fourth-order valence-electron chi connectivity index (χ4n) is 3.32. The fourth-order valence-corrected chi connectivity index (χ4v) is 4.88. The van der Waals surface area contributed by atoms with Gasteiger partial charge in [-0.2, -0.15) is 4.31 Å². The molecule has 1 aliphatic rings. The maximum Gasteiger partial charge on any atom is 0.243 e. The van der Waals surface area contributed by atoms with Crippen molar-refractivity contribution >= 4 is 21.6 Å². The van der Waals surface area contributed by atoms with E-state index in [0.717, 1.165) is 24.8 Å². The summed E-state index contributed by atoms with van der Waals surface area (Å²) in [7, 11) is -3.49. The van der Waals surface area contributed by atoms with E-state index in [-0.39, 0.29) is 23.4 Å². The summed E-state index contributed by atoms with van der Waals surface area (Å²) in [5.41, 5.74) is 1.64. The van der Waals surface area contributed by atoms with Crippen molar-refractivity contribution in [2.75, 3.05) is 25.0 Å². The van der Waals surface area contributed by atoms with Gasteiger partial charge in [0, 0.05) is 18.8 Å². The average Bonchev–Trinajstić information content (AvgIpc) is 2.74. The van der Waals surface area contributed by atoms with E-state index in [4.69, 9.17) is 0 Å². The van der Waals surface area contributed by atoms with Gasteiger partial charge in [-0.25, -0.2) is 8.42 Å². The molecule has 150 valence electrons. The number of piperidine rings is 1. The van der Waals surface area contributed by atoms with E-state index in [1.54, 1.807) is 28.6 Å². The Labute approximate surface area is 167 Å². The van der Waals surface area contributed by atoms with Crippen LogP contribution in [-0.2, 0) is 14.8 Å². The molecule has 3 rings (SSSR count). The molecule has 0 aromatic heterocycles. The van der Waals surface area contributed by atoms with Crippen LogP contribution in [0, 0.1) is 0 Å². The number of anilines is 1. The summed E-state index contributed by atoms with van der Waals surface area (Å²) in [5, 5.41) is 5.96. The lowest BCUT2D eigenvalue weighted by atomic mass is 10.1. The first-order valence-electron chi connectivity index (χ1n) is 9.65. The minimum atomic E-state index is -3.49.